The number of halogens is 3. The molecule has 1 unspecified atom stereocenters. The summed E-state index contributed by atoms with van der Waals surface area (Å²) in [6.45, 7) is 2.03. The molecule has 1 aromatic carbocycles. The molecule has 0 saturated heterocycles. The van der Waals surface area contributed by atoms with E-state index in [1.165, 1.54) is 0 Å². The van der Waals surface area contributed by atoms with Crippen LogP contribution in [0.15, 0.2) is 18.2 Å². The van der Waals surface area contributed by atoms with Gasteiger partial charge >= 0.3 is 0 Å². The summed E-state index contributed by atoms with van der Waals surface area (Å²) in [7, 11) is 0. The van der Waals surface area contributed by atoms with E-state index in [0.717, 1.165) is 12.8 Å². The lowest BCUT2D eigenvalue weighted by Crippen LogP contribution is -2.23. The Hall–Kier alpha value is -0.440. The summed E-state index contributed by atoms with van der Waals surface area (Å²) in [6, 6.07) is 4.84. The van der Waals surface area contributed by atoms with Crippen LogP contribution in [0.25, 0.3) is 0 Å². The van der Waals surface area contributed by atoms with Crippen molar-refractivity contribution in [3.05, 3.63) is 28.2 Å². The fourth-order valence-corrected chi connectivity index (χ4v) is 1.94. The molecule has 1 atom stereocenters. The first-order valence-electron chi connectivity index (χ1n) is 5.35. The van der Waals surface area contributed by atoms with E-state index in [1.54, 1.807) is 18.2 Å². The molecule has 0 radical (unpaired) electrons. The van der Waals surface area contributed by atoms with Crippen LogP contribution in [0.5, 0.6) is 5.75 Å². The van der Waals surface area contributed by atoms with Crippen LogP contribution >= 0.6 is 34.8 Å². The Bertz CT molecular complexity index is 393. The number of unbranched alkanes of at least 4 members (excludes halogenated alkanes) is 1. The molecular formula is C12H13Cl3O2. The molecule has 0 N–H and O–H groups in total. The Labute approximate surface area is 116 Å². The van der Waals surface area contributed by atoms with Crippen molar-refractivity contribution in [2.45, 2.75) is 32.3 Å². The molecule has 0 amide bonds. The van der Waals surface area contributed by atoms with Crippen LogP contribution in [0, 0.1) is 0 Å². The highest BCUT2D eigenvalue weighted by Gasteiger charge is 2.18. The zero-order chi connectivity index (χ0) is 12.8. The monoisotopic (exact) mass is 294 g/mol. The number of ether oxygens (including phenoxy) is 1. The van der Waals surface area contributed by atoms with Gasteiger partial charge in [-0.1, -0.05) is 36.5 Å². The highest BCUT2D eigenvalue weighted by atomic mass is 35.5. The standard InChI is InChI=1S/C12H13Cl3O2/c1-2-3-4-11(12(15)16)17-10-6-5-8(13)7-9(10)14/h5-7,11H,2-4H2,1H3. The van der Waals surface area contributed by atoms with E-state index in [2.05, 4.69) is 0 Å². The van der Waals surface area contributed by atoms with Crippen molar-refractivity contribution in [1.82, 2.24) is 0 Å². The number of hydrogen-bond acceptors (Lipinski definition) is 2. The van der Waals surface area contributed by atoms with Crippen LogP contribution in [0.1, 0.15) is 26.2 Å². The third kappa shape index (κ3) is 4.74. The molecule has 0 saturated carbocycles. The number of carbonyl (C=O) groups is 1. The minimum Gasteiger partial charge on any atom is -0.480 e. The van der Waals surface area contributed by atoms with Crippen LogP contribution in [-0.2, 0) is 4.79 Å². The van der Waals surface area contributed by atoms with E-state index in [0.29, 0.717) is 22.2 Å². The Morgan fingerprint density at radius 2 is 2.12 bits per heavy atom. The number of carbonyl (C=O) groups excluding carboxylic acids is 1. The maximum absolute atomic E-state index is 11.2. The lowest BCUT2D eigenvalue weighted by Gasteiger charge is -2.16. The molecule has 2 nitrogen and oxygen atoms in total. The summed E-state index contributed by atoms with van der Waals surface area (Å²) in [4.78, 5) is 11.2. The van der Waals surface area contributed by atoms with Crippen molar-refractivity contribution in [3.8, 4) is 5.75 Å². The van der Waals surface area contributed by atoms with E-state index in [4.69, 9.17) is 39.5 Å². The van der Waals surface area contributed by atoms with Crippen LogP contribution in [0.2, 0.25) is 10.0 Å². The quantitative estimate of drug-likeness (QED) is 0.711. The molecule has 5 heteroatoms. The Kier molecular flexibility index (Phi) is 6.10. The summed E-state index contributed by atoms with van der Waals surface area (Å²) in [5.41, 5.74) is 0. The van der Waals surface area contributed by atoms with Gasteiger partial charge in [0, 0.05) is 5.02 Å². The molecule has 0 heterocycles. The van der Waals surface area contributed by atoms with Gasteiger partial charge in [0.2, 0.25) is 0 Å². The molecule has 0 aliphatic carbocycles. The maximum atomic E-state index is 11.2. The second kappa shape index (κ2) is 7.10. The predicted molar refractivity (Wildman–Crippen MR) is 71.3 cm³/mol. The Balaban J connectivity index is 2.75. The lowest BCUT2D eigenvalue weighted by atomic mass is 10.2. The number of rotatable bonds is 6. The third-order valence-corrected chi connectivity index (χ3v) is 3.01. The SMILES string of the molecule is CCCCC(Oc1ccc(Cl)cc1Cl)C(=O)Cl. The van der Waals surface area contributed by atoms with Crippen molar-refractivity contribution in [2.75, 3.05) is 0 Å². The molecule has 0 aromatic heterocycles. The summed E-state index contributed by atoms with van der Waals surface area (Å²) >= 11 is 17.2. The van der Waals surface area contributed by atoms with Crippen molar-refractivity contribution < 1.29 is 9.53 Å². The number of benzene rings is 1. The molecule has 1 aromatic rings. The summed E-state index contributed by atoms with van der Waals surface area (Å²) in [6.07, 6.45) is 1.76. The van der Waals surface area contributed by atoms with Gasteiger partial charge in [-0.3, -0.25) is 4.79 Å². The maximum Gasteiger partial charge on any atom is 0.262 e. The first-order chi connectivity index (χ1) is 8.04. The van der Waals surface area contributed by atoms with Crippen molar-refractivity contribution in [2.24, 2.45) is 0 Å². The molecule has 0 aliphatic rings. The van der Waals surface area contributed by atoms with Gasteiger partial charge in [0.25, 0.3) is 5.24 Å². The van der Waals surface area contributed by atoms with Crippen LogP contribution < -0.4 is 4.74 Å². The normalized spacial score (nSPS) is 12.2. The average Bonchev–Trinajstić information content (AvgIpc) is 2.26. The summed E-state index contributed by atoms with van der Waals surface area (Å²) in [5.74, 6) is 0.422. The summed E-state index contributed by atoms with van der Waals surface area (Å²) in [5, 5.41) is 0.381. The number of hydrogen-bond donors (Lipinski definition) is 0. The second-order valence-corrected chi connectivity index (χ2v) is 4.84. The molecule has 1 rings (SSSR count). The molecule has 0 bridgehead atoms. The minimum absolute atomic E-state index is 0.372. The van der Waals surface area contributed by atoms with E-state index < -0.39 is 11.3 Å². The lowest BCUT2D eigenvalue weighted by molar-refractivity contribution is -0.118. The zero-order valence-electron chi connectivity index (χ0n) is 9.38. The Morgan fingerprint density at radius 3 is 2.65 bits per heavy atom. The first kappa shape index (κ1) is 14.6. The third-order valence-electron chi connectivity index (χ3n) is 2.24. The van der Waals surface area contributed by atoms with Crippen LogP contribution in [-0.4, -0.2) is 11.3 Å². The van der Waals surface area contributed by atoms with Gasteiger partial charge in [-0.15, -0.1) is 0 Å². The topological polar surface area (TPSA) is 26.3 Å². The second-order valence-electron chi connectivity index (χ2n) is 3.63. The smallest absolute Gasteiger partial charge is 0.262 e. The van der Waals surface area contributed by atoms with Gasteiger partial charge < -0.3 is 4.74 Å². The van der Waals surface area contributed by atoms with Gasteiger partial charge in [0.1, 0.15) is 5.75 Å². The Morgan fingerprint density at radius 1 is 1.41 bits per heavy atom. The fourth-order valence-electron chi connectivity index (χ4n) is 1.33. The van der Waals surface area contributed by atoms with Crippen molar-refractivity contribution in [3.63, 3.8) is 0 Å². The van der Waals surface area contributed by atoms with Gasteiger partial charge in [-0.05, 0) is 42.6 Å². The first-order valence-corrected chi connectivity index (χ1v) is 6.49. The van der Waals surface area contributed by atoms with Crippen molar-refractivity contribution >= 4 is 40.0 Å². The van der Waals surface area contributed by atoms with Crippen LogP contribution in [0.4, 0.5) is 0 Å². The molecule has 0 fully saturated rings. The summed E-state index contributed by atoms with van der Waals surface area (Å²) < 4.78 is 5.49. The van der Waals surface area contributed by atoms with Crippen LogP contribution in [0.3, 0.4) is 0 Å². The van der Waals surface area contributed by atoms with E-state index in [1.807, 2.05) is 6.92 Å². The zero-order valence-corrected chi connectivity index (χ0v) is 11.6. The predicted octanol–water partition coefficient (Wildman–Crippen LogP) is 4.70. The molecule has 17 heavy (non-hydrogen) atoms. The van der Waals surface area contributed by atoms with E-state index >= 15 is 0 Å². The largest absolute Gasteiger partial charge is 0.480 e. The van der Waals surface area contributed by atoms with Gasteiger partial charge in [0.15, 0.2) is 6.10 Å². The minimum atomic E-state index is -0.657. The highest BCUT2D eigenvalue weighted by Crippen LogP contribution is 2.29. The van der Waals surface area contributed by atoms with E-state index in [9.17, 15) is 4.79 Å². The average molecular weight is 296 g/mol. The van der Waals surface area contributed by atoms with Gasteiger partial charge in [-0.25, -0.2) is 0 Å². The van der Waals surface area contributed by atoms with Crippen molar-refractivity contribution in [1.29, 1.82) is 0 Å². The fraction of sp³-hybridized carbons (Fsp3) is 0.417. The van der Waals surface area contributed by atoms with E-state index in [-0.39, 0.29) is 0 Å². The molecule has 0 spiro atoms. The van der Waals surface area contributed by atoms with Gasteiger partial charge in [-0.2, -0.15) is 0 Å². The molecule has 94 valence electrons. The van der Waals surface area contributed by atoms with Gasteiger partial charge in [0.05, 0.1) is 5.02 Å². The molecule has 0 aliphatic heterocycles. The highest BCUT2D eigenvalue weighted by molar-refractivity contribution is 6.64. The molecular weight excluding hydrogens is 282 g/mol.